The summed E-state index contributed by atoms with van der Waals surface area (Å²) >= 11 is 5.51. The maximum atomic E-state index is 12.6. The van der Waals surface area contributed by atoms with Crippen molar-refractivity contribution in [3.63, 3.8) is 0 Å². The molecule has 24 heavy (non-hydrogen) atoms. The van der Waals surface area contributed by atoms with Crippen LogP contribution >= 0.6 is 31.9 Å². The van der Waals surface area contributed by atoms with Crippen LogP contribution in [-0.4, -0.2) is 0 Å². The van der Waals surface area contributed by atoms with Gasteiger partial charge in [0.1, 0.15) is 11.6 Å². The van der Waals surface area contributed by atoms with Gasteiger partial charge >= 0.3 is 12.4 Å². The molecule has 0 unspecified atom stereocenters. The summed E-state index contributed by atoms with van der Waals surface area (Å²) in [6.07, 6.45) is -8.97. The number of hydrogen-bond donors (Lipinski definition) is 0. The van der Waals surface area contributed by atoms with Gasteiger partial charge in [-0.3, -0.25) is 0 Å². The summed E-state index contributed by atoms with van der Waals surface area (Å²) in [5.74, 6) is -1.82. The third-order valence-corrected chi connectivity index (χ3v) is 3.78. The zero-order chi connectivity index (χ0) is 18.7. The van der Waals surface area contributed by atoms with Gasteiger partial charge in [-0.1, -0.05) is 0 Å². The first-order valence-electron chi connectivity index (χ1n) is 5.87. The second kappa shape index (κ2) is 7.81. The fourth-order valence-corrected chi connectivity index (χ4v) is 1.84. The minimum Gasteiger partial charge on any atom is -0.206 e. The van der Waals surface area contributed by atoms with Gasteiger partial charge in [-0.15, -0.1) is 0 Å². The minimum absolute atomic E-state index is 0.0236. The maximum absolute atomic E-state index is 12.6. The Morgan fingerprint density at radius 3 is 1.08 bits per heavy atom. The molecule has 0 aliphatic carbocycles. The van der Waals surface area contributed by atoms with E-state index in [2.05, 4.69) is 31.9 Å². The Labute approximate surface area is 147 Å². The SMILES string of the molecule is Fc1cc(C(F)(F)F)ccc1Br.Fc1cc(C(F)(F)F)ccc1Br. The van der Waals surface area contributed by atoms with Crippen molar-refractivity contribution in [1.29, 1.82) is 0 Å². The van der Waals surface area contributed by atoms with Gasteiger partial charge in [-0.25, -0.2) is 8.78 Å². The number of rotatable bonds is 0. The molecule has 0 radical (unpaired) electrons. The summed E-state index contributed by atoms with van der Waals surface area (Å²) in [4.78, 5) is 0. The molecule has 0 fully saturated rings. The number of alkyl halides is 6. The topological polar surface area (TPSA) is 0 Å². The molecular weight excluding hydrogens is 480 g/mol. The molecule has 132 valence electrons. The van der Waals surface area contributed by atoms with Crippen LogP contribution in [0.5, 0.6) is 0 Å². The predicted molar refractivity (Wildman–Crippen MR) is 78.2 cm³/mol. The smallest absolute Gasteiger partial charge is 0.206 e. The lowest BCUT2D eigenvalue weighted by atomic mass is 10.2. The predicted octanol–water partition coefficient (Wildman–Crippen LogP) is 7.21. The Balaban J connectivity index is 0.000000240. The summed E-state index contributed by atoms with van der Waals surface area (Å²) in [7, 11) is 0. The van der Waals surface area contributed by atoms with Crippen molar-refractivity contribution in [1.82, 2.24) is 0 Å². The Morgan fingerprint density at radius 1 is 0.583 bits per heavy atom. The van der Waals surface area contributed by atoms with Crippen LogP contribution in [0.1, 0.15) is 11.1 Å². The minimum atomic E-state index is -4.48. The van der Waals surface area contributed by atoms with Crippen LogP contribution in [0, 0.1) is 11.6 Å². The van der Waals surface area contributed by atoms with E-state index in [1.807, 2.05) is 0 Å². The molecule has 0 N–H and O–H groups in total. The molecule has 0 atom stereocenters. The molecular formula is C14H6Br2F8. The highest BCUT2D eigenvalue weighted by Crippen LogP contribution is 2.32. The molecule has 0 aliphatic rings. The molecule has 0 saturated carbocycles. The number of benzene rings is 2. The van der Waals surface area contributed by atoms with Crippen LogP contribution in [0.2, 0.25) is 0 Å². The van der Waals surface area contributed by atoms with E-state index in [0.29, 0.717) is 12.1 Å². The van der Waals surface area contributed by atoms with Gasteiger partial charge in [0.25, 0.3) is 0 Å². The highest BCUT2D eigenvalue weighted by molar-refractivity contribution is 9.10. The lowest BCUT2D eigenvalue weighted by Crippen LogP contribution is -2.04. The molecule has 2 aromatic rings. The van der Waals surface area contributed by atoms with E-state index >= 15 is 0 Å². The van der Waals surface area contributed by atoms with Gasteiger partial charge < -0.3 is 0 Å². The van der Waals surface area contributed by atoms with Crippen LogP contribution < -0.4 is 0 Å². The fourth-order valence-electron chi connectivity index (χ4n) is 1.34. The van der Waals surface area contributed by atoms with Crippen molar-refractivity contribution in [2.75, 3.05) is 0 Å². The molecule has 0 aliphatic heterocycles. The fraction of sp³-hybridized carbons (Fsp3) is 0.143. The quantitative estimate of drug-likeness (QED) is 0.346. The van der Waals surface area contributed by atoms with Gasteiger partial charge in [-0.05, 0) is 68.3 Å². The average molecular weight is 486 g/mol. The largest absolute Gasteiger partial charge is 0.416 e. The first kappa shape index (κ1) is 20.9. The normalized spacial score (nSPS) is 11.8. The van der Waals surface area contributed by atoms with Gasteiger partial charge in [-0.2, -0.15) is 26.3 Å². The van der Waals surface area contributed by atoms with Crippen molar-refractivity contribution >= 4 is 31.9 Å². The van der Waals surface area contributed by atoms with Crippen LogP contribution in [0.4, 0.5) is 35.1 Å². The molecule has 2 rings (SSSR count). The van der Waals surface area contributed by atoms with Crippen LogP contribution in [0.3, 0.4) is 0 Å². The zero-order valence-corrected chi connectivity index (χ0v) is 14.4. The van der Waals surface area contributed by atoms with E-state index in [0.717, 1.165) is 24.3 Å². The van der Waals surface area contributed by atoms with Gasteiger partial charge in [0.2, 0.25) is 0 Å². The summed E-state index contributed by atoms with van der Waals surface area (Å²) in [6.45, 7) is 0. The van der Waals surface area contributed by atoms with E-state index in [9.17, 15) is 35.1 Å². The van der Waals surface area contributed by atoms with Gasteiger partial charge in [0, 0.05) is 0 Å². The summed E-state index contributed by atoms with van der Waals surface area (Å²) in [6, 6.07) is 4.57. The first-order chi connectivity index (χ1) is 10.8. The van der Waals surface area contributed by atoms with E-state index in [1.165, 1.54) is 0 Å². The van der Waals surface area contributed by atoms with Crippen molar-refractivity contribution in [2.45, 2.75) is 12.4 Å². The van der Waals surface area contributed by atoms with Crippen molar-refractivity contribution in [3.05, 3.63) is 68.1 Å². The lowest BCUT2D eigenvalue weighted by Gasteiger charge is -2.06. The highest BCUT2D eigenvalue weighted by Gasteiger charge is 2.31. The molecule has 0 nitrogen and oxygen atoms in total. The standard InChI is InChI=1S/2C7H3BrF4/c2*8-5-2-1-4(3-6(5)9)7(10,11)12/h2*1-3H. The molecule has 10 heteroatoms. The second-order valence-corrected chi connectivity index (χ2v) is 5.96. The van der Waals surface area contributed by atoms with E-state index in [1.54, 1.807) is 0 Å². The van der Waals surface area contributed by atoms with E-state index in [4.69, 9.17) is 0 Å². The van der Waals surface area contributed by atoms with Crippen molar-refractivity contribution < 1.29 is 35.1 Å². The molecule has 0 saturated heterocycles. The zero-order valence-electron chi connectivity index (χ0n) is 11.2. The number of hydrogen-bond acceptors (Lipinski definition) is 0. The van der Waals surface area contributed by atoms with Crippen LogP contribution in [0.15, 0.2) is 45.3 Å². The Bertz CT molecular complexity index is 645. The molecule has 0 amide bonds. The summed E-state index contributed by atoms with van der Waals surface area (Å²) < 4.78 is 96.7. The molecule has 0 aromatic heterocycles. The third kappa shape index (κ3) is 6.04. The highest BCUT2D eigenvalue weighted by atomic mass is 79.9. The molecule has 0 bridgehead atoms. The second-order valence-electron chi connectivity index (χ2n) is 4.25. The first-order valence-corrected chi connectivity index (χ1v) is 7.45. The summed E-state index contributed by atoms with van der Waals surface area (Å²) in [5.41, 5.74) is -1.97. The van der Waals surface area contributed by atoms with Crippen molar-refractivity contribution in [2.24, 2.45) is 0 Å². The Kier molecular flexibility index (Phi) is 6.80. The lowest BCUT2D eigenvalue weighted by molar-refractivity contribution is -0.138. The third-order valence-electron chi connectivity index (χ3n) is 2.49. The van der Waals surface area contributed by atoms with Crippen LogP contribution in [-0.2, 0) is 12.4 Å². The van der Waals surface area contributed by atoms with E-state index in [-0.39, 0.29) is 8.95 Å². The average Bonchev–Trinajstić information content (AvgIpc) is 2.43. The van der Waals surface area contributed by atoms with Gasteiger partial charge in [0.05, 0.1) is 20.1 Å². The Hall–Kier alpha value is -1.16. The summed E-state index contributed by atoms with van der Waals surface area (Å²) in [5, 5.41) is 0. The maximum Gasteiger partial charge on any atom is 0.416 e. The van der Waals surface area contributed by atoms with Crippen LogP contribution in [0.25, 0.3) is 0 Å². The molecule has 0 heterocycles. The Morgan fingerprint density at radius 2 is 0.875 bits per heavy atom. The van der Waals surface area contributed by atoms with Gasteiger partial charge in [0.15, 0.2) is 0 Å². The monoisotopic (exact) mass is 484 g/mol. The molecule has 0 spiro atoms. The molecule has 2 aromatic carbocycles. The number of halogens is 10. The van der Waals surface area contributed by atoms with E-state index < -0.39 is 35.1 Å². The van der Waals surface area contributed by atoms with Crippen molar-refractivity contribution in [3.8, 4) is 0 Å².